The van der Waals surface area contributed by atoms with Crippen molar-refractivity contribution in [2.75, 3.05) is 13.2 Å². The molecule has 5 nitrogen and oxygen atoms in total. The topological polar surface area (TPSA) is 62.9 Å². The van der Waals surface area contributed by atoms with Gasteiger partial charge in [-0.2, -0.15) is 23.5 Å². The molecule has 21 heavy (non-hydrogen) atoms. The molecule has 0 aliphatic carbocycles. The van der Waals surface area contributed by atoms with E-state index in [2.05, 4.69) is 16.5 Å². The minimum atomic E-state index is -4.37. The Kier molecular flexibility index (Phi) is 6.49. The zero-order valence-electron chi connectivity index (χ0n) is 12.1. The third kappa shape index (κ3) is 6.04. The van der Waals surface area contributed by atoms with Crippen molar-refractivity contribution in [3.63, 3.8) is 0 Å². The van der Waals surface area contributed by atoms with E-state index in [9.17, 15) is 13.2 Å². The van der Waals surface area contributed by atoms with Gasteiger partial charge in [-0.15, -0.1) is 0 Å². The molecule has 0 bridgehead atoms. The number of rotatable bonds is 8. The molecular formula is C13H19F3N4O. The Hall–Kier alpha value is -1.75. The van der Waals surface area contributed by atoms with E-state index in [1.54, 1.807) is 14.0 Å². The average molecular weight is 304 g/mol. The molecule has 0 radical (unpaired) electrons. The van der Waals surface area contributed by atoms with Gasteiger partial charge in [-0.05, 0) is 26.3 Å². The van der Waals surface area contributed by atoms with E-state index >= 15 is 0 Å². The van der Waals surface area contributed by atoms with Crippen molar-refractivity contribution in [1.29, 1.82) is 5.26 Å². The van der Waals surface area contributed by atoms with Gasteiger partial charge >= 0.3 is 6.18 Å². The lowest BCUT2D eigenvalue weighted by molar-refractivity contribution is -0.154. The maximum Gasteiger partial charge on any atom is 0.422 e. The third-order valence-electron chi connectivity index (χ3n) is 2.86. The maximum atomic E-state index is 12.2. The van der Waals surface area contributed by atoms with Gasteiger partial charge in [0.1, 0.15) is 0 Å². The summed E-state index contributed by atoms with van der Waals surface area (Å²) in [7, 11) is 1.55. The quantitative estimate of drug-likeness (QED) is 0.749. The van der Waals surface area contributed by atoms with Gasteiger partial charge in [-0.25, -0.2) is 4.68 Å². The molecule has 0 unspecified atom stereocenters. The van der Waals surface area contributed by atoms with Gasteiger partial charge in [0.25, 0.3) is 0 Å². The van der Waals surface area contributed by atoms with Crippen LogP contribution in [-0.4, -0.2) is 29.1 Å². The lowest BCUT2D eigenvalue weighted by Gasteiger charge is -2.11. The van der Waals surface area contributed by atoms with E-state index in [1.807, 2.05) is 0 Å². The first-order chi connectivity index (χ1) is 9.85. The molecule has 0 aliphatic rings. The van der Waals surface area contributed by atoms with Crippen LogP contribution in [0.2, 0.25) is 0 Å². The molecule has 0 atom stereocenters. The molecule has 0 aliphatic heterocycles. The highest BCUT2D eigenvalue weighted by molar-refractivity contribution is 5.30. The summed E-state index contributed by atoms with van der Waals surface area (Å²) < 4.78 is 42.9. The molecule has 0 fully saturated rings. The highest BCUT2D eigenvalue weighted by Crippen LogP contribution is 2.24. The highest BCUT2D eigenvalue weighted by Gasteiger charge is 2.30. The van der Waals surface area contributed by atoms with Crippen molar-refractivity contribution in [3.05, 3.63) is 11.3 Å². The lowest BCUT2D eigenvalue weighted by atomic mass is 10.2. The molecule has 0 spiro atoms. The molecule has 1 N–H and O–H groups in total. The second-order valence-corrected chi connectivity index (χ2v) is 4.69. The van der Waals surface area contributed by atoms with Crippen LogP contribution in [0, 0.1) is 18.3 Å². The number of hydrogen-bond acceptors (Lipinski definition) is 4. The summed E-state index contributed by atoms with van der Waals surface area (Å²) in [5.74, 6) is 0.134. The number of unbranched alkanes of at least 4 members (excludes halogenated alkanes) is 2. The monoisotopic (exact) mass is 304 g/mol. The zero-order chi connectivity index (χ0) is 15.9. The fourth-order valence-electron chi connectivity index (χ4n) is 1.88. The maximum absolute atomic E-state index is 12.2. The Morgan fingerprint density at radius 1 is 1.38 bits per heavy atom. The molecule has 1 heterocycles. The predicted octanol–water partition coefficient (Wildman–Crippen LogP) is 2.45. The number of aromatic nitrogens is 2. The number of alkyl halides is 3. The molecular weight excluding hydrogens is 285 g/mol. The fourth-order valence-corrected chi connectivity index (χ4v) is 1.88. The van der Waals surface area contributed by atoms with Crippen LogP contribution < -0.4 is 10.1 Å². The van der Waals surface area contributed by atoms with E-state index in [1.165, 1.54) is 4.68 Å². The van der Waals surface area contributed by atoms with Gasteiger partial charge in [0, 0.05) is 20.0 Å². The second-order valence-electron chi connectivity index (χ2n) is 4.69. The molecule has 1 aromatic heterocycles. The van der Waals surface area contributed by atoms with Crippen molar-refractivity contribution in [2.45, 2.75) is 38.9 Å². The minimum Gasteiger partial charge on any atom is -0.468 e. The van der Waals surface area contributed by atoms with Crippen LogP contribution >= 0.6 is 0 Å². The number of nitrogens with zero attached hydrogens (tertiary/aromatic N) is 3. The number of nitriles is 1. The van der Waals surface area contributed by atoms with Crippen LogP contribution in [0.25, 0.3) is 0 Å². The molecule has 0 amide bonds. The Bertz CT molecular complexity index is 491. The van der Waals surface area contributed by atoms with Crippen molar-refractivity contribution < 1.29 is 17.9 Å². The van der Waals surface area contributed by atoms with Gasteiger partial charge in [0.05, 0.1) is 17.3 Å². The van der Waals surface area contributed by atoms with Crippen LogP contribution in [0.3, 0.4) is 0 Å². The smallest absolute Gasteiger partial charge is 0.422 e. The van der Waals surface area contributed by atoms with E-state index in [-0.39, 0.29) is 5.88 Å². The molecule has 0 saturated heterocycles. The van der Waals surface area contributed by atoms with Crippen molar-refractivity contribution in [3.8, 4) is 11.9 Å². The SMILES string of the molecule is Cc1nn(C)c(OCC(F)(F)F)c1CNCCCCC#N. The summed E-state index contributed by atoms with van der Waals surface area (Å²) in [6, 6.07) is 2.06. The van der Waals surface area contributed by atoms with Crippen molar-refractivity contribution >= 4 is 0 Å². The fraction of sp³-hybridized carbons (Fsp3) is 0.692. The number of ether oxygens (including phenoxy) is 1. The highest BCUT2D eigenvalue weighted by atomic mass is 19.4. The summed E-state index contributed by atoms with van der Waals surface area (Å²) in [5.41, 5.74) is 1.27. The molecule has 0 saturated carbocycles. The molecule has 1 rings (SSSR count). The van der Waals surface area contributed by atoms with Gasteiger partial charge in [0.2, 0.25) is 5.88 Å². The summed E-state index contributed by atoms with van der Waals surface area (Å²) in [6.07, 6.45) is -2.23. The van der Waals surface area contributed by atoms with Crippen LogP contribution in [0.4, 0.5) is 13.2 Å². The molecule has 118 valence electrons. The van der Waals surface area contributed by atoms with E-state index in [4.69, 9.17) is 10.00 Å². The van der Waals surface area contributed by atoms with E-state index in [0.29, 0.717) is 30.8 Å². The van der Waals surface area contributed by atoms with Gasteiger partial charge < -0.3 is 10.1 Å². The van der Waals surface area contributed by atoms with E-state index in [0.717, 1.165) is 12.8 Å². The van der Waals surface area contributed by atoms with Crippen molar-refractivity contribution in [2.24, 2.45) is 7.05 Å². The number of aryl methyl sites for hydroxylation is 2. The number of halogens is 3. The standard InChI is InChI=1S/C13H19F3N4O/c1-10-11(8-18-7-5-3-4-6-17)12(20(2)19-10)21-9-13(14,15)16/h18H,3-5,7-9H2,1-2H3. The number of nitrogens with one attached hydrogen (secondary N) is 1. The Labute approximate surface area is 121 Å². The third-order valence-corrected chi connectivity index (χ3v) is 2.86. The van der Waals surface area contributed by atoms with Crippen LogP contribution in [0.15, 0.2) is 0 Å². The number of hydrogen-bond donors (Lipinski definition) is 1. The van der Waals surface area contributed by atoms with Gasteiger partial charge in [-0.3, -0.25) is 0 Å². The van der Waals surface area contributed by atoms with Crippen LogP contribution in [-0.2, 0) is 13.6 Å². The molecule has 0 aromatic carbocycles. The lowest BCUT2D eigenvalue weighted by Crippen LogP contribution is -2.22. The second kappa shape index (κ2) is 7.88. The van der Waals surface area contributed by atoms with Crippen molar-refractivity contribution in [1.82, 2.24) is 15.1 Å². The molecule has 1 aromatic rings. The van der Waals surface area contributed by atoms with Crippen LogP contribution in [0.5, 0.6) is 5.88 Å². The first-order valence-corrected chi connectivity index (χ1v) is 6.65. The minimum absolute atomic E-state index is 0.134. The predicted molar refractivity (Wildman–Crippen MR) is 70.7 cm³/mol. The Morgan fingerprint density at radius 2 is 2.10 bits per heavy atom. The Balaban J connectivity index is 2.54. The Morgan fingerprint density at radius 3 is 2.71 bits per heavy atom. The average Bonchev–Trinajstić information content (AvgIpc) is 2.65. The summed E-state index contributed by atoms with van der Waals surface area (Å²) in [6.45, 7) is 1.47. The molecule has 8 heteroatoms. The summed E-state index contributed by atoms with van der Waals surface area (Å²) in [4.78, 5) is 0. The summed E-state index contributed by atoms with van der Waals surface area (Å²) in [5, 5.41) is 15.6. The van der Waals surface area contributed by atoms with E-state index < -0.39 is 12.8 Å². The normalized spacial score (nSPS) is 11.4. The first kappa shape index (κ1) is 17.3. The first-order valence-electron chi connectivity index (χ1n) is 6.65. The summed E-state index contributed by atoms with van der Waals surface area (Å²) >= 11 is 0. The van der Waals surface area contributed by atoms with Gasteiger partial charge in [-0.1, -0.05) is 0 Å². The zero-order valence-corrected chi connectivity index (χ0v) is 12.1. The largest absolute Gasteiger partial charge is 0.468 e. The van der Waals surface area contributed by atoms with Gasteiger partial charge in [0.15, 0.2) is 6.61 Å². The van der Waals surface area contributed by atoms with Crippen LogP contribution in [0.1, 0.15) is 30.5 Å².